The minimum Gasteiger partial charge on any atom is -0.455 e. The van der Waals surface area contributed by atoms with Crippen molar-refractivity contribution < 1.29 is 14.3 Å². The highest BCUT2D eigenvalue weighted by molar-refractivity contribution is 5.89. The van der Waals surface area contributed by atoms with Crippen LogP contribution in [0.5, 0.6) is 0 Å². The molecular weight excluding hydrogens is 326 g/mol. The standard InChI is InChI=1S/C22H23NO3/c24-20(23-19-12-6-8-16-7-4-5-11-18(16)19)15-26-21(25)22(13-14-22)17-9-2-1-3-10-17/h1-5,7,9-11,19H,6,8,12-15H2,(H,23,24)/t19-/m0/s1. The molecule has 4 rings (SSSR count). The van der Waals surface area contributed by atoms with Crippen molar-refractivity contribution in [2.75, 3.05) is 6.61 Å². The van der Waals surface area contributed by atoms with Crippen molar-refractivity contribution in [2.45, 2.75) is 43.6 Å². The summed E-state index contributed by atoms with van der Waals surface area (Å²) in [4.78, 5) is 24.8. The highest BCUT2D eigenvalue weighted by Gasteiger charge is 2.52. The summed E-state index contributed by atoms with van der Waals surface area (Å²) in [5, 5.41) is 3.03. The zero-order valence-corrected chi connectivity index (χ0v) is 14.7. The van der Waals surface area contributed by atoms with Crippen molar-refractivity contribution in [1.82, 2.24) is 5.32 Å². The van der Waals surface area contributed by atoms with Crippen LogP contribution >= 0.6 is 0 Å². The molecule has 1 atom stereocenters. The fourth-order valence-corrected chi connectivity index (χ4v) is 3.90. The van der Waals surface area contributed by atoms with Gasteiger partial charge in [0.15, 0.2) is 6.61 Å². The number of amides is 1. The number of nitrogens with one attached hydrogen (secondary N) is 1. The molecule has 0 spiro atoms. The number of esters is 1. The second kappa shape index (κ2) is 6.94. The van der Waals surface area contributed by atoms with E-state index in [-0.39, 0.29) is 24.5 Å². The molecule has 1 amide bonds. The van der Waals surface area contributed by atoms with Crippen LogP contribution in [-0.2, 0) is 26.2 Å². The molecule has 0 bridgehead atoms. The van der Waals surface area contributed by atoms with Gasteiger partial charge in [0.1, 0.15) is 0 Å². The molecule has 0 aliphatic heterocycles. The molecule has 0 unspecified atom stereocenters. The second-order valence-corrected chi connectivity index (χ2v) is 7.24. The number of carbonyl (C=O) groups is 2. The Labute approximate surface area is 153 Å². The van der Waals surface area contributed by atoms with Gasteiger partial charge >= 0.3 is 5.97 Å². The Balaban J connectivity index is 1.35. The summed E-state index contributed by atoms with van der Waals surface area (Å²) in [5.74, 6) is -0.521. The van der Waals surface area contributed by atoms with Gasteiger partial charge in [-0.2, -0.15) is 0 Å². The van der Waals surface area contributed by atoms with Gasteiger partial charge in [0.2, 0.25) is 0 Å². The monoisotopic (exact) mass is 349 g/mol. The molecule has 4 heteroatoms. The highest BCUT2D eigenvalue weighted by atomic mass is 16.5. The van der Waals surface area contributed by atoms with Gasteiger partial charge in [-0.3, -0.25) is 9.59 Å². The van der Waals surface area contributed by atoms with E-state index in [9.17, 15) is 9.59 Å². The van der Waals surface area contributed by atoms with E-state index in [1.54, 1.807) is 0 Å². The molecule has 2 aliphatic carbocycles. The first-order chi connectivity index (χ1) is 12.7. The molecule has 0 aromatic heterocycles. The number of carbonyl (C=O) groups excluding carboxylic acids is 2. The molecule has 0 heterocycles. The van der Waals surface area contributed by atoms with Crippen molar-refractivity contribution in [3.63, 3.8) is 0 Å². The minimum absolute atomic E-state index is 0.00941. The van der Waals surface area contributed by atoms with E-state index in [0.717, 1.165) is 37.7 Å². The van der Waals surface area contributed by atoms with Gasteiger partial charge in [0.25, 0.3) is 5.91 Å². The topological polar surface area (TPSA) is 55.4 Å². The Hall–Kier alpha value is -2.62. The lowest BCUT2D eigenvalue weighted by atomic mass is 9.88. The third-order valence-corrected chi connectivity index (χ3v) is 5.51. The molecule has 1 N–H and O–H groups in total. The molecule has 134 valence electrons. The molecule has 1 saturated carbocycles. The first-order valence-corrected chi connectivity index (χ1v) is 9.29. The van der Waals surface area contributed by atoms with Gasteiger partial charge in [0, 0.05) is 0 Å². The fourth-order valence-electron chi connectivity index (χ4n) is 3.90. The predicted molar refractivity (Wildman–Crippen MR) is 98.6 cm³/mol. The molecular formula is C22H23NO3. The van der Waals surface area contributed by atoms with Crippen molar-refractivity contribution in [2.24, 2.45) is 0 Å². The van der Waals surface area contributed by atoms with Gasteiger partial charge in [-0.05, 0) is 48.8 Å². The van der Waals surface area contributed by atoms with Crippen LogP contribution in [0.15, 0.2) is 54.6 Å². The first-order valence-electron chi connectivity index (χ1n) is 9.29. The summed E-state index contributed by atoms with van der Waals surface area (Å²) >= 11 is 0. The van der Waals surface area contributed by atoms with Crippen LogP contribution < -0.4 is 5.32 Å². The average molecular weight is 349 g/mol. The second-order valence-electron chi connectivity index (χ2n) is 7.24. The smallest absolute Gasteiger partial charge is 0.317 e. The maximum absolute atomic E-state index is 12.5. The zero-order valence-electron chi connectivity index (χ0n) is 14.7. The Morgan fingerprint density at radius 2 is 1.77 bits per heavy atom. The quantitative estimate of drug-likeness (QED) is 0.841. The lowest BCUT2D eigenvalue weighted by Crippen LogP contribution is -2.35. The largest absolute Gasteiger partial charge is 0.455 e. The highest BCUT2D eigenvalue weighted by Crippen LogP contribution is 2.49. The Morgan fingerprint density at radius 3 is 2.54 bits per heavy atom. The zero-order chi connectivity index (χ0) is 18.0. The van der Waals surface area contributed by atoms with E-state index in [0.29, 0.717) is 0 Å². The van der Waals surface area contributed by atoms with Gasteiger partial charge in [-0.1, -0.05) is 54.6 Å². The summed E-state index contributed by atoms with van der Waals surface area (Å²) in [7, 11) is 0. The number of aryl methyl sites for hydroxylation is 1. The van der Waals surface area contributed by atoms with Crippen LogP contribution in [0.2, 0.25) is 0 Å². The Bertz CT molecular complexity index is 811. The van der Waals surface area contributed by atoms with E-state index < -0.39 is 5.41 Å². The van der Waals surface area contributed by atoms with Crippen molar-refractivity contribution in [1.29, 1.82) is 0 Å². The molecule has 2 aliphatic rings. The van der Waals surface area contributed by atoms with Crippen LogP contribution in [0, 0.1) is 0 Å². The van der Waals surface area contributed by atoms with Gasteiger partial charge < -0.3 is 10.1 Å². The van der Waals surface area contributed by atoms with E-state index in [4.69, 9.17) is 4.74 Å². The molecule has 0 saturated heterocycles. The number of benzene rings is 2. The number of hydrogen-bond donors (Lipinski definition) is 1. The molecule has 4 nitrogen and oxygen atoms in total. The van der Waals surface area contributed by atoms with E-state index in [2.05, 4.69) is 17.4 Å². The summed E-state index contributed by atoms with van der Waals surface area (Å²) < 4.78 is 5.36. The summed E-state index contributed by atoms with van der Waals surface area (Å²) in [6, 6.07) is 17.9. The normalized spacial score (nSPS) is 19.9. The summed E-state index contributed by atoms with van der Waals surface area (Å²) in [6.07, 6.45) is 4.60. The Kier molecular flexibility index (Phi) is 4.49. The Morgan fingerprint density at radius 1 is 1.04 bits per heavy atom. The lowest BCUT2D eigenvalue weighted by Gasteiger charge is -2.26. The maximum atomic E-state index is 12.5. The molecule has 0 radical (unpaired) electrons. The van der Waals surface area contributed by atoms with Crippen molar-refractivity contribution >= 4 is 11.9 Å². The van der Waals surface area contributed by atoms with E-state index in [1.807, 2.05) is 42.5 Å². The number of hydrogen-bond acceptors (Lipinski definition) is 3. The van der Waals surface area contributed by atoms with Crippen molar-refractivity contribution in [3.8, 4) is 0 Å². The summed E-state index contributed by atoms with van der Waals surface area (Å²) in [5.41, 5.74) is 2.91. The third-order valence-electron chi connectivity index (χ3n) is 5.51. The van der Waals surface area contributed by atoms with Crippen LogP contribution in [0.1, 0.15) is 48.4 Å². The predicted octanol–water partition coefficient (Wildman–Crippen LogP) is 3.46. The minimum atomic E-state index is -0.543. The van der Waals surface area contributed by atoms with Crippen LogP contribution in [0.3, 0.4) is 0 Å². The van der Waals surface area contributed by atoms with Gasteiger partial charge in [0.05, 0.1) is 11.5 Å². The SMILES string of the molecule is O=C(COC(=O)C1(c2ccccc2)CC1)N[C@H]1CCCc2ccccc21. The fraction of sp³-hybridized carbons (Fsp3) is 0.364. The first kappa shape index (κ1) is 16.8. The average Bonchev–Trinajstić information content (AvgIpc) is 3.49. The molecule has 26 heavy (non-hydrogen) atoms. The van der Waals surface area contributed by atoms with E-state index >= 15 is 0 Å². The third kappa shape index (κ3) is 3.24. The van der Waals surface area contributed by atoms with E-state index in [1.165, 1.54) is 11.1 Å². The molecule has 1 fully saturated rings. The van der Waals surface area contributed by atoms with Crippen molar-refractivity contribution in [3.05, 3.63) is 71.3 Å². The van der Waals surface area contributed by atoms with Gasteiger partial charge in [-0.15, -0.1) is 0 Å². The maximum Gasteiger partial charge on any atom is 0.317 e. The molecule has 2 aromatic rings. The number of ether oxygens (including phenoxy) is 1. The molecule has 2 aromatic carbocycles. The summed E-state index contributed by atoms with van der Waals surface area (Å²) in [6.45, 7) is -0.216. The van der Waals surface area contributed by atoms with Crippen LogP contribution in [0.25, 0.3) is 0 Å². The number of rotatable bonds is 5. The number of fused-ring (bicyclic) bond motifs is 1. The van der Waals surface area contributed by atoms with Crippen LogP contribution in [-0.4, -0.2) is 18.5 Å². The van der Waals surface area contributed by atoms with Crippen LogP contribution in [0.4, 0.5) is 0 Å². The van der Waals surface area contributed by atoms with Gasteiger partial charge in [-0.25, -0.2) is 0 Å². The lowest BCUT2D eigenvalue weighted by molar-refractivity contribution is -0.151.